The average molecular weight is 214 g/mol. The highest BCUT2D eigenvalue weighted by atomic mass is 35.5. The second-order valence-corrected chi connectivity index (χ2v) is 3.41. The molecule has 0 amide bonds. The monoisotopic (exact) mass is 213 g/mol. The van der Waals surface area contributed by atoms with Gasteiger partial charge in [-0.25, -0.2) is 0 Å². The maximum absolute atomic E-state index is 8.94. The number of aliphatic hydroxyl groups is 1. The second-order valence-electron chi connectivity index (χ2n) is 3.00. The Morgan fingerprint density at radius 3 is 2.86 bits per heavy atom. The van der Waals surface area contributed by atoms with Crippen molar-refractivity contribution in [2.75, 3.05) is 13.2 Å². The van der Waals surface area contributed by atoms with Gasteiger partial charge in [-0.3, -0.25) is 0 Å². The van der Waals surface area contributed by atoms with E-state index < -0.39 is 0 Å². The van der Waals surface area contributed by atoms with E-state index in [2.05, 4.69) is 6.92 Å². The van der Waals surface area contributed by atoms with Crippen molar-refractivity contribution in [3.8, 4) is 5.75 Å². The first-order valence-electron chi connectivity index (χ1n) is 4.55. The summed E-state index contributed by atoms with van der Waals surface area (Å²) in [6, 6.07) is 5.42. The fraction of sp³-hybridized carbons (Fsp3) is 0.364. The van der Waals surface area contributed by atoms with Gasteiger partial charge in [-0.2, -0.15) is 0 Å². The summed E-state index contributed by atoms with van der Waals surface area (Å²) in [5.74, 6) is 0.514. The summed E-state index contributed by atoms with van der Waals surface area (Å²) >= 11 is 5.91. The van der Waals surface area contributed by atoms with Crippen LogP contribution in [0.15, 0.2) is 18.2 Å². The third-order valence-corrected chi connectivity index (χ3v) is 2.26. The zero-order valence-electron chi connectivity index (χ0n) is 8.16. The third-order valence-electron chi connectivity index (χ3n) is 1.95. The molecule has 1 aromatic rings. The van der Waals surface area contributed by atoms with Crippen LogP contribution in [0.4, 0.5) is 0 Å². The normalized spacial score (nSPS) is 12.6. The Labute approximate surface area is 89.5 Å². The maximum atomic E-state index is 8.94. The van der Waals surface area contributed by atoms with Crippen LogP contribution in [0.3, 0.4) is 0 Å². The molecule has 0 aliphatic rings. The summed E-state index contributed by atoms with van der Waals surface area (Å²) in [5.41, 5.74) is 0.931. The molecule has 0 saturated heterocycles. The van der Waals surface area contributed by atoms with E-state index in [1.54, 1.807) is 6.07 Å². The van der Waals surface area contributed by atoms with Gasteiger partial charge >= 0.3 is 0 Å². The van der Waals surface area contributed by atoms with Gasteiger partial charge in [0.15, 0.2) is 0 Å². The number of hydrogen-bond acceptors (Lipinski definition) is 2. The highest BCUT2D eigenvalue weighted by Crippen LogP contribution is 2.28. The Bertz CT molecular complexity index is 299. The van der Waals surface area contributed by atoms with Crippen molar-refractivity contribution in [2.45, 2.75) is 12.8 Å². The first kappa shape index (κ1) is 11.3. The minimum atomic E-state index is -0.133. The summed E-state index contributed by atoms with van der Waals surface area (Å²) in [5, 5.41) is 9.53. The smallest absolute Gasteiger partial charge is 0.138 e. The topological polar surface area (TPSA) is 29.5 Å². The van der Waals surface area contributed by atoms with Gasteiger partial charge in [-0.15, -0.1) is 0 Å². The lowest BCUT2D eigenvalue weighted by atomic mass is 10.0. The molecule has 0 aromatic heterocycles. The number of ether oxygens (including phenoxy) is 1. The van der Waals surface area contributed by atoms with Crippen LogP contribution in [-0.4, -0.2) is 18.3 Å². The van der Waals surface area contributed by atoms with Crippen LogP contribution in [0.2, 0.25) is 5.02 Å². The standard InChI is InChI=1S/C11H14ClO2/c1-3-14-11-6-9(8(2)7-13)4-5-10(11)12/h4-6,8,13H,2-3,7H2,1H3. The average Bonchev–Trinajstić information content (AvgIpc) is 2.20. The van der Waals surface area contributed by atoms with E-state index in [1.807, 2.05) is 19.1 Å². The van der Waals surface area contributed by atoms with Crippen LogP contribution in [0.5, 0.6) is 5.75 Å². The van der Waals surface area contributed by atoms with Gasteiger partial charge in [-0.05, 0) is 31.5 Å². The van der Waals surface area contributed by atoms with Crippen molar-refractivity contribution < 1.29 is 9.84 Å². The molecule has 0 fully saturated rings. The Morgan fingerprint density at radius 1 is 1.57 bits per heavy atom. The number of aliphatic hydroxyl groups excluding tert-OH is 1. The highest BCUT2D eigenvalue weighted by molar-refractivity contribution is 6.32. The molecule has 0 aliphatic heterocycles. The fourth-order valence-electron chi connectivity index (χ4n) is 1.15. The molecule has 1 atom stereocenters. The van der Waals surface area contributed by atoms with E-state index in [4.69, 9.17) is 21.4 Å². The Kier molecular flexibility index (Phi) is 4.23. The van der Waals surface area contributed by atoms with Gasteiger partial charge in [0, 0.05) is 12.5 Å². The van der Waals surface area contributed by atoms with Crippen LogP contribution >= 0.6 is 11.6 Å². The minimum absolute atomic E-state index is 0.0210. The number of benzene rings is 1. The summed E-state index contributed by atoms with van der Waals surface area (Å²) < 4.78 is 5.33. The predicted octanol–water partition coefficient (Wildman–Crippen LogP) is 2.65. The SMILES string of the molecule is [CH2]C(CO)c1ccc(Cl)c(OCC)c1. The lowest BCUT2D eigenvalue weighted by molar-refractivity contribution is 0.282. The van der Waals surface area contributed by atoms with Gasteiger partial charge in [0.05, 0.1) is 11.6 Å². The molecule has 14 heavy (non-hydrogen) atoms. The van der Waals surface area contributed by atoms with Gasteiger partial charge in [0.2, 0.25) is 0 Å². The quantitative estimate of drug-likeness (QED) is 0.833. The van der Waals surface area contributed by atoms with Crippen LogP contribution < -0.4 is 4.74 Å². The zero-order chi connectivity index (χ0) is 10.6. The van der Waals surface area contributed by atoms with Crippen LogP contribution in [0.25, 0.3) is 0 Å². The van der Waals surface area contributed by atoms with Crippen LogP contribution in [0.1, 0.15) is 18.4 Å². The first-order chi connectivity index (χ1) is 6.69. The second kappa shape index (κ2) is 5.23. The summed E-state index contributed by atoms with van der Waals surface area (Å²) in [6.07, 6.45) is 0. The van der Waals surface area contributed by atoms with Crippen molar-refractivity contribution >= 4 is 11.6 Å². The fourth-order valence-corrected chi connectivity index (χ4v) is 1.32. The van der Waals surface area contributed by atoms with Gasteiger partial charge in [0.25, 0.3) is 0 Å². The molecule has 0 spiro atoms. The maximum Gasteiger partial charge on any atom is 0.138 e. The van der Waals surface area contributed by atoms with E-state index in [9.17, 15) is 0 Å². The molecule has 2 nitrogen and oxygen atoms in total. The molecule has 1 unspecified atom stereocenters. The lowest BCUT2D eigenvalue weighted by Gasteiger charge is -2.11. The molecule has 0 saturated carbocycles. The van der Waals surface area contributed by atoms with E-state index in [1.165, 1.54) is 0 Å². The van der Waals surface area contributed by atoms with E-state index in [0.29, 0.717) is 17.4 Å². The number of hydrogen-bond donors (Lipinski definition) is 1. The number of halogens is 1. The third kappa shape index (κ3) is 2.63. The van der Waals surface area contributed by atoms with Gasteiger partial charge in [0.1, 0.15) is 5.75 Å². The molecule has 1 rings (SSSR count). The molecule has 77 valence electrons. The van der Waals surface area contributed by atoms with Crippen molar-refractivity contribution in [1.82, 2.24) is 0 Å². The summed E-state index contributed by atoms with van der Waals surface area (Å²) in [6.45, 7) is 6.30. The molecule has 0 aliphatic carbocycles. The van der Waals surface area contributed by atoms with Crippen molar-refractivity contribution in [1.29, 1.82) is 0 Å². The van der Waals surface area contributed by atoms with E-state index in [0.717, 1.165) is 5.56 Å². The summed E-state index contributed by atoms with van der Waals surface area (Å²) in [7, 11) is 0. The molecule has 1 radical (unpaired) electrons. The van der Waals surface area contributed by atoms with E-state index >= 15 is 0 Å². The first-order valence-corrected chi connectivity index (χ1v) is 4.93. The Hall–Kier alpha value is -0.730. The van der Waals surface area contributed by atoms with Crippen LogP contribution in [-0.2, 0) is 0 Å². The molecule has 0 heterocycles. The van der Waals surface area contributed by atoms with Gasteiger partial charge < -0.3 is 9.84 Å². The lowest BCUT2D eigenvalue weighted by Crippen LogP contribution is -2.00. The molecular formula is C11H14ClO2. The molecule has 3 heteroatoms. The zero-order valence-corrected chi connectivity index (χ0v) is 8.92. The highest BCUT2D eigenvalue weighted by Gasteiger charge is 2.07. The summed E-state index contributed by atoms with van der Waals surface area (Å²) in [4.78, 5) is 0. The predicted molar refractivity (Wildman–Crippen MR) is 57.8 cm³/mol. The molecular weight excluding hydrogens is 200 g/mol. The van der Waals surface area contributed by atoms with Crippen molar-refractivity contribution in [2.24, 2.45) is 0 Å². The Balaban J connectivity index is 2.93. The minimum Gasteiger partial charge on any atom is -0.492 e. The molecule has 1 N–H and O–H groups in total. The molecule has 1 aromatic carbocycles. The molecule has 0 bridgehead atoms. The number of rotatable bonds is 4. The van der Waals surface area contributed by atoms with E-state index in [-0.39, 0.29) is 12.5 Å². The van der Waals surface area contributed by atoms with Crippen molar-refractivity contribution in [3.05, 3.63) is 35.7 Å². The van der Waals surface area contributed by atoms with Crippen molar-refractivity contribution in [3.63, 3.8) is 0 Å². The van der Waals surface area contributed by atoms with Gasteiger partial charge in [-0.1, -0.05) is 17.7 Å². The van der Waals surface area contributed by atoms with Crippen LogP contribution in [0, 0.1) is 6.92 Å². The Morgan fingerprint density at radius 2 is 2.29 bits per heavy atom. The largest absolute Gasteiger partial charge is 0.492 e.